The van der Waals surface area contributed by atoms with Gasteiger partial charge in [-0.25, -0.2) is 14.6 Å². The zero-order valence-corrected chi connectivity index (χ0v) is 37.4. The van der Waals surface area contributed by atoms with Gasteiger partial charge in [0.25, 0.3) is 5.91 Å². The number of nitrogens with one attached hydrogen (secondary N) is 2. The maximum absolute atomic E-state index is 14.5. The van der Waals surface area contributed by atoms with Crippen molar-refractivity contribution in [3.8, 4) is 0 Å². The van der Waals surface area contributed by atoms with Crippen LogP contribution in [0.4, 0.5) is 9.93 Å². The number of rotatable bonds is 14. The van der Waals surface area contributed by atoms with Crippen LogP contribution >= 0.6 is 11.3 Å². The van der Waals surface area contributed by atoms with Crippen LogP contribution in [0.1, 0.15) is 77.8 Å². The van der Waals surface area contributed by atoms with Crippen LogP contribution in [0.5, 0.6) is 0 Å². The summed E-state index contributed by atoms with van der Waals surface area (Å²) in [5.41, 5.74) is -0.709. The summed E-state index contributed by atoms with van der Waals surface area (Å²) in [7, 11) is -1.32. The molecule has 2 heterocycles. The summed E-state index contributed by atoms with van der Waals surface area (Å²) in [5.74, 6) is -1.82. The molecular formula is C44H55N5O8SSi. The molecule has 5 rings (SSSR count). The molecule has 0 spiro atoms. The maximum atomic E-state index is 14.5. The van der Waals surface area contributed by atoms with Crippen LogP contribution in [0.2, 0.25) is 18.1 Å². The number of thiazole rings is 1. The highest BCUT2D eigenvalue weighted by atomic mass is 32.1. The topological polar surface area (TPSA) is 158 Å². The van der Waals surface area contributed by atoms with E-state index in [1.807, 2.05) is 91.0 Å². The average Bonchev–Trinajstić information content (AvgIpc) is 3.64. The minimum Gasteiger partial charge on any atom is -0.457 e. The van der Waals surface area contributed by atoms with Crippen LogP contribution in [0.25, 0.3) is 0 Å². The van der Waals surface area contributed by atoms with E-state index in [-0.39, 0.29) is 29.0 Å². The van der Waals surface area contributed by atoms with E-state index in [1.54, 1.807) is 30.7 Å². The number of oxime groups is 1. The van der Waals surface area contributed by atoms with Gasteiger partial charge in [-0.15, -0.1) is 11.3 Å². The largest absolute Gasteiger partial charge is 0.508 e. The summed E-state index contributed by atoms with van der Waals surface area (Å²) in [4.78, 5) is 64.5. The fourth-order valence-electron chi connectivity index (χ4n) is 6.53. The van der Waals surface area contributed by atoms with Crippen molar-refractivity contribution in [1.82, 2.24) is 14.9 Å². The number of carbonyl (C=O) groups excluding carboxylic acids is 4. The molecule has 15 heteroatoms. The van der Waals surface area contributed by atoms with Crippen LogP contribution in [0.3, 0.4) is 0 Å². The highest BCUT2D eigenvalue weighted by Gasteiger charge is 2.58. The zero-order chi connectivity index (χ0) is 43.4. The van der Waals surface area contributed by atoms with Crippen LogP contribution < -0.4 is 10.6 Å². The first-order chi connectivity index (χ1) is 27.6. The molecule has 2 atom stereocenters. The number of hydrogen-bond acceptors (Lipinski definition) is 12. The summed E-state index contributed by atoms with van der Waals surface area (Å²) < 4.78 is 17.4. The highest BCUT2D eigenvalue weighted by Crippen LogP contribution is 2.44. The fraction of sp³-hybridized carbons (Fsp3) is 0.409. The van der Waals surface area contributed by atoms with Crippen molar-refractivity contribution in [2.75, 3.05) is 19.0 Å². The van der Waals surface area contributed by atoms with Crippen molar-refractivity contribution < 1.29 is 38.2 Å². The Balaban J connectivity index is 1.57. The van der Waals surface area contributed by atoms with Crippen LogP contribution in [0.15, 0.2) is 102 Å². The second-order valence-electron chi connectivity index (χ2n) is 17.4. The Morgan fingerprint density at radius 3 is 1.80 bits per heavy atom. The summed E-state index contributed by atoms with van der Waals surface area (Å²) in [6.07, 6.45) is -0.912. The van der Waals surface area contributed by atoms with Crippen molar-refractivity contribution in [2.45, 2.75) is 102 Å². The standard InChI is InChI=1S/C44H55N5O8SSi/c1-41(2,3)56-38(52)43(7,8)57-48-34(36(50)46-35-33(27-55-40(53)54-9)49(37(35)51)59(10,11)42(4,5)6)32-28-58-39(45-32)47-44(29-21-15-12-16-22-29,30-23-17-13-18-24-30)31-25-19-14-20-26-31/h12-26,28,33,35H,27H2,1-11H3,(H,45,47)(H,46,50)/b48-34-. The second-order valence-corrected chi connectivity index (χ2v) is 23.3. The third-order valence-electron chi connectivity index (χ3n) is 10.6. The first-order valence-corrected chi connectivity index (χ1v) is 23.2. The van der Waals surface area contributed by atoms with E-state index in [0.717, 1.165) is 16.7 Å². The molecule has 0 radical (unpaired) electrons. The van der Waals surface area contributed by atoms with Gasteiger partial charge in [0.05, 0.1) is 13.2 Å². The lowest BCUT2D eigenvalue weighted by atomic mass is 9.77. The highest BCUT2D eigenvalue weighted by molar-refractivity contribution is 7.14. The lowest BCUT2D eigenvalue weighted by Gasteiger charge is -2.57. The van der Waals surface area contributed by atoms with Gasteiger partial charge in [-0.05, 0) is 56.3 Å². The molecule has 1 aliphatic heterocycles. The van der Waals surface area contributed by atoms with Gasteiger partial charge >= 0.3 is 12.1 Å². The molecule has 1 fully saturated rings. The summed E-state index contributed by atoms with van der Waals surface area (Å²) >= 11 is 1.24. The van der Waals surface area contributed by atoms with Crippen molar-refractivity contribution in [3.63, 3.8) is 0 Å². The molecule has 314 valence electrons. The molecule has 0 bridgehead atoms. The molecule has 0 saturated carbocycles. The number of benzene rings is 3. The Labute approximate surface area is 351 Å². The van der Waals surface area contributed by atoms with Gasteiger partial charge in [-0.1, -0.05) is 130 Å². The number of anilines is 1. The third kappa shape index (κ3) is 9.68. The number of aromatic nitrogens is 1. The normalized spacial score (nSPS) is 16.4. The Morgan fingerprint density at radius 1 is 0.831 bits per heavy atom. The van der Waals surface area contributed by atoms with Gasteiger partial charge in [0.2, 0.25) is 11.5 Å². The summed E-state index contributed by atoms with van der Waals surface area (Å²) in [6, 6.07) is 28.2. The number of amides is 2. The predicted octanol–water partition coefficient (Wildman–Crippen LogP) is 7.87. The number of β-lactam (4-membered cyclic amide) rings is 1. The summed E-state index contributed by atoms with van der Waals surface area (Å²) in [5, 5.41) is 12.6. The van der Waals surface area contributed by atoms with Gasteiger partial charge in [0.15, 0.2) is 19.1 Å². The molecule has 2 unspecified atom stereocenters. The van der Waals surface area contributed by atoms with Crippen molar-refractivity contribution in [1.29, 1.82) is 0 Å². The predicted molar refractivity (Wildman–Crippen MR) is 231 cm³/mol. The van der Waals surface area contributed by atoms with E-state index in [1.165, 1.54) is 32.3 Å². The molecular weight excluding hydrogens is 787 g/mol. The number of esters is 1. The Hall–Kier alpha value is -5.54. The Morgan fingerprint density at radius 2 is 1.34 bits per heavy atom. The lowest BCUT2D eigenvalue weighted by molar-refractivity contribution is -0.179. The van der Waals surface area contributed by atoms with Gasteiger partial charge in [-0.2, -0.15) is 0 Å². The van der Waals surface area contributed by atoms with Gasteiger partial charge in [-0.3, -0.25) is 9.59 Å². The molecule has 59 heavy (non-hydrogen) atoms. The molecule has 1 aromatic heterocycles. The number of ether oxygens (including phenoxy) is 3. The number of hydrogen-bond donors (Lipinski definition) is 2. The molecule has 1 saturated heterocycles. The van der Waals surface area contributed by atoms with Crippen molar-refractivity contribution in [3.05, 3.63) is 119 Å². The molecule has 0 aliphatic carbocycles. The van der Waals surface area contributed by atoms with E-state index in [4.69, 9.17) is 24.0 Å². The molecule has 4 aromatic rings. The molecule has 2 N–H and O–H groups in total. The zero-order valence-electron chi connectivity index (χ0n) is 35.6. The maximum Gasteiger partial charge on any atom is 0.508 e. The Kier molecular flexibility index (Phi) is 13.1. The lowest BCUT2D eigenvalue weighted by Crippen LogP contribution is -2.80. The number of carbonyl (C=O) groups is 4. The minimum atomic E-state index is -2.51. The second kappa shape index (κ2) is 17.4. The average molecular weight is 842 g/mol. The minimum absolute atomic E-state index is 0.119. The van der Waals surface area contributed by atoms with Gasteiger partial charge < -0.3 is 34.2 Å². The van der Waals surface area contributed by atoms with Crippen molar-refractivity contribution in [2.24, 2.45) is 5.16 Å². The van der Waals surface area contributed by atoms with Gasteiger partial charge in [0.1, 0.15) is 29.5 Å². The molecule has 1 aliphatic rings. The first-order valence-electron chi connectivity index (χ1n) is 19.4. The summed E-state index contributed by atoms with van der Waals surface area (Å²) in [6.45, 7) is 18.2. The number of methoxy groups -OCH3 is 1. The number of nitrogens with zero attached hydrogens (tertiary/aromatic N) is 3. The van der Waals surface area contributed by atoms with E-state index in [9.17, 15) is 19.2 Å². The molecule has 13 nitrogen and oxygen atoms in total. The quantitative estimate of drug-likeness (QED) is 0.0320. The van der Waals surface area contributed by atoms with E-state index >= 15 is 0 Å². The molecule has 2 amide bonds. The van der Waals surface area contributed by atoms with E-state index in [0.29, 0.717) is 5.13 Å². The van der Waals surface area contributed by atoms with Crippen LogP contribution in [-0.4, -0.2) is 84.4 Å². The molecule has 3 aromatic carbocycles. The monoisotopic (exact) mass is 841 g/mol. The van der Waals surface area contributed by atoms with Gasteiger partial charge in [0, 0.05) is 5.38 Å². The first kappa shape index (κ1) is 44.6. The fourth-order valence-corrected chi connectivity index (χ4v) is 9.75. The van der Waals surface area contributed by atoms with Crippen LogP contribution in [0, 0.1) is 0 Å². The smallest absolute Gasteiger partial charge is 0.457 e. The Bertz CT molecular complexity index is 2050. The van der Waals surface area contributed by atoms with Crippen molar-refractivity contribution >= 4 is 54.4 Å². The van der Waals surface area contributed by atoms with E-state index < -0.39 is 55.1 Å². The van der Waals surface area contributed by atoms with E-state index in [2.05, 4.69) is 49.7 Å². The van der Waals surface area contributed by atoms with Crippen LogP contribution in [-0.2, 0) is 39.0 Å². The SMILES string of the molecule is COC(=O)OCC1C(NC(=O)/C(=N\OC(C)(C)C(=O)OC(C)(C)C)c2csc(NC(c3ccccc3)(c3ccccc3)c3ccccc3)n2)C(=O)N1[Si](C)(C)C(C)(C)C. The third-order valence-corrected chi connectivity index (χ3v) is 16.8.